The number of hydrogen-bond acceptors (Lipinski definition) is 8. The van der Waals surface area contributed by atoms with Crippen LogP contribution in [0.3, 0.4) is 0 Å². The van der Waals surface area contributed by atoms with E-state index in [1.807, 2.05) is 34.9 Å². The van der Waals surface area contributed by atoms with Crippen molar-refractivity contribution in [3.05, 3.63) is 47.7 Å². The molecule has 26 heavy (non-hydrogen) atoms. The molecule has 0 spiro atoms. The first kappa shape index (κ1) is 18.1. The van der Waals surface area contributed by atoms with Gasteiger partial charge in [0.2, 0.25) is 5.91 Å². The predicted octanol–water partition coefficient (Wildman–Crippen LogP) is 2.17. The lowest BCUT2D eigenvalue weighted by Gasteiger charge is -2.05. The number of thiazole rings is 1. The van der Waals surface area contributed by atoms with Crippen LogP contribution in [0, 0.1) is 0 Å². The second-order valence-electron chi connectivity index (χ2n) is 5.05. The van der Waals surface area contributed by atoms with Crippen LogP contribution in [0.15, 0.2) is 47.2 Å². The zero-order valence-electron chi connectivity index (χ0n) is 13.8. The Kier molecular flexibility index (Phi) is 5.97. The molecule has 10 heteroatoms. The van der Waals surface area contributed by atoms with Crippen LogP contribution in [-0.2, 0) is 20.7 Å². The normalized spacial score (nSPS) is 10.5. The number of carbonyl (C=O) groups excluding carboxylic acids is 2. The number of carbonyl (C=O) groups is 2. The number of benzene rings is 1. The van der Waals surface area contributed by atoms with Crippen LogP contribution in [-0.4, -0.2) is 44.5 Å². The Morgan fingerprint density at radius 2 is 2.12 bits per heavy atom. The summed E-state index contributed by atoms with van der Waals surface area (Å²) in [4.78, 5) is 27.6. The van der Waals surface area contributed by atoms with Gasteiger partial charge >= 0.3 is 5.97 Å². The maximum absolute atomic E-state index is 12.1. The van der Waals surface area contributed by atoms with E-state index in [2.05, 4.69) is 25.2 Å². The highest BCUT2D eigenvalue weighted by molar-refractivity contribution is 7.99. The number of aromatic nitrogens is 4. The van der Waals surface area contributed by atoms with Gasteiger partial charge in [-0.3, -0.25) is 14.2 Å². The minimum absolute atomic E-state index is 0.0812. The Balaban J connectivity index is 1.55. The second-order valence-corrected chi connectivity index (χ2v) is 6.85. The topological polar surface area (TPSA) is 99.0 Å². The van der Waals surface area contributed by atoms with Crippen LogP contribution in [0.4, 0.5) is 5.13 Å². The summed E-state index contributed by atoms with van der Waals surface area (Å²) in [5.41, 5.74) is 1.49. The number of rotatable bonds is 7. The average molecular weight is 389 g/mol. The van der Waals surface area contributed by atoms with Crippen molar-refractivity contribution in [2.75, 3.05) is 18.2 Å². The predicted molar refractivity (Wildman–Crippen MR) is 98.5 cm³/mol. The third-order valence-corrected chi connectivity index (χ3v) is 4.98. The fourth-order valence-corrected chi connectivity index (χ4v) is 3.49. The number of nitrogens with one attached hydrogen (secondary N) is 1. The molecule has 0 saturated heterocycles. The van der Waals surface area contributed by atoms with E-state index in [-0.39, 0.29) is 24.1 Å². The van der Waals surface area contributed by atoms with E-state index in [1.165, 1.54) is 30.2 Å². The number of anilines is 1. The van der Waals surface area contributed by atoms with Crippen LogP contribution in [0.2, 0.25) is 0 Å². The van der Waals surface area contributed by atoms with Crippen molar-refractivity contribution in [3.63, 3.8) is 0 Å². The fraction of sp³-hybridized carbons (Fsp3) is 0.188. The van der Waals surface area contributed by atoms with Gasteiger partial charge in [-0.05, 0) is 12.1 Å². The molecule has 1 amide bonds. The molecule has 0 aliphatic heterocycles. The van der Waals surface area contributed by atoms with Gasteiger partial charge in [-0.25, -0.2) is 4.98 Å². The van der Waals surface area contributed by atoms with Gasteiger partial charge in [-0.1, -0.05) is 30.0 Å². The van der Waals surface area contributed by atoms with Gasteiger partial charge in [-0.15, -0.1) is 21.5 Å². The zero-order chi connectivity index (χ0) is 18.4. The molecule has 0 fully saturated rings. The molecule has 0 aliphatic carbocycles. The van der Waals surface area contributed by atoms with Crippen molar-refractivity contribution in [2.24, 2.45) is 0 Å². The number of amides is 1. The van der Waals surface area contributed by atoms with Crippen LogP contribution >= 0.6 is 23.1 Å². The smallest absolute Gasteiger partial charge is 0.311 e. The third kappa shape index (κ3) is 4.67. The maximum atomic E-state index is 12.1. The average Bonchev–Trinajstić information content (AvgIpc) is 3.30. The summed E-state index contributed by atoms with van der Waals surface area (Å²) < 4.78 is 6.41. The number of methoxy groups -OCH3 is 1. The molecule has 1 aromatic carbocycles. The molecule has 2 aromatic heterocycles. The van der Waals surface area contributed by atoms with Crippen molar-refractivity contribution in [1.29, 1.82) is 0 Å². The molecule has 0 bridgehead atoms. The minimum atomic E-state index is -0.371. The molecule has 0 unspecified atom stereocenters. The molecule has 134 valence electrons. The summed E-state index contributed by atoms with van der Waals surface area (Å²) in [5, 5.41) is 13.4. The van der Waals surface area contributed by atoms with E-state index in [0.29, 0.717) is 16.0 Å². The van der Waals surface area contributed by atoms with E-state index in [9.17, 15) is 9.59 Å². The Labute approximate surface area is 157 Å². The third-order valence-electron chi connectivity index (χ3n) is 3.23. The summed E-state index contributed by atoms with van der Waals surface area (Å²) in [6, 6.07) is 9.64. The quantitative estimate of drug-likeness (QED) is 0.488. The first-order chi connectivity index (χ1) is 12.7. The van der Waals surface area contributed by atoms with E-state index < -0.39 is 0 Å². The number of thioether (sulfide) groups is 1. The maximum Gasteiger partial charge on any atom is 0.311 e. The van der Waals surface area contributed by atoms with Crippen LogP contribution < -0.4 is 5.32 Å². The van der Waals surface area contributed by atoms with Crippen LogP contribution in [0.25, 0.3) is 5.69 Å². The van der Waals surface area contributed by atoms with Gasteiger partial charge < -0.3 is 10.1 Å². The largest absolute Gasteiger partial charge is 0.469 e. The number of nitrogens with zero attached hydrogens (tertiary/aromatic N) is 4. The Morgan fingerprint density at radius 1 is 1.31 bits per heavy atom. The van der Waals surface area contributed by atoms with Crippen molar-refractivity contribution in [3.8, 4) is 5.69 Å². The molecular formula is C16H15N5O3S2. The molecule has 0 saturated carbocycles. The SMILES string of the molecule is COC(=O)Cc1csc(NC(=O)CSc2nncn2-c2ccccc2)n1. The molecule has 0 radical (unpaired) electrons. The highest BCUT2D eigenvalue weighted by Gasteiger charge is 2.12. The number of hydrogen-bond donors (Lipinski definition) is 1. The molecule has 1 N–H and O–H groups in total. The summed E-state index contributed by atoms with van der Waals surface area (Å²) in [6.07, 6.45) is 1.69. The van der Waals surface area contributed by atoms with E-state index in [4.69, 9.17) is 0 Å². The van der Waals surface area contributed by atoms with Crippen molar-refractivity contribution in [2.45, 2.75) is 11.6 Å². The summed E-state index contributed by atoms with van der Waals surface area (Å²) in [7, 11) is 1.32. The van der Waals surface area contributed by atoms with Crippen LogP contribution in [0.5, 0.6) is 0 Å². The van der Waals surface area contributed by atoms with Gasteiger partial charge in [0.25, 0.3) is 0 Å². The Hall–Kier alpha value is -2.72. The number of esters is 1. The van der Waals surface area contributed by atoms with Gasteiger partial charge in [0.15, 0.2) is 10.3 Å². The lowest BCUT2D eigenvalue weighted by Crippen LogP contribution is -2.14. The van der Waals surface area contributed by atoms with E-state index in [1.54, 1.807) is 11.7 Å². The monoisotopic (exact) mass is 389 g/mol. The zero-order valence-corrected chi connectivity index (χ0v) is 15.4. The van der Waals surface area contributed by atoms with E-state index >= 15 is 0 Å². The first-order valence-corrected chi connectivity index (χ1v) is 9.41. The highest BCUT2D eigenvalue weighted by Crippen LogP contribution is 2.20. The second kappa shape index (κ2) is 8.59. The lowest BCUT2D eigenvalue weighted by atomic mass is 10.3. The van der Waals surface area contributed by atoms with Gasteiger partial charge in [0, 0.05) is 11.1 Å². The summed E-state index contributed by atoms with van der Waals surface area (Å²) >= 11 is 2.54. The fourth-order valence-electron chi connectivity index (χ4n) is 2.04. The number of para-hydroxylation sites is 1. The standard InChI is InChI=1S/C16H15N5O3S2/c1-24-14(23)7-11-8-25-15(18-11)19-13(22)9-26-16-20-17-10-21(16)12-5-3-2-4-6-12/h2-6,8,10H,7,9H2,1H3,(H,18,19,22). The summed E-state index contributed by atoms with van der Waals surface area (Å²) in [5.74, 6) is -0.419. The summed E-state index contributed by atoms with van der Waals surface area (Å²) in [6.45, 7) is 0. The Morgan fingerprint density at radius 3 is 2.88 bits per heavy atom. The number of ether oxygens (including phenoxy) is 1. The van der Waals surface area contributed by atoms with Gasteiger partial charge in [0.05, 0.1) is 25.0 Å². The molecule has 8 nitrogen and oxygen atoms in total. The van der Waals surface area contributed by atoms with Crippen LogP contribution in [0.1, 0.15) is 5.69 Å². The lowest BCUT2D eigenvalue weighted by molar-refractivity contribution is -0.139. The van der Waals surface area contributed by atoms with Gasteiger partial charge in [-0.2, -0.15) is 0 Å². The van der Waals surface area contributed by atoms with Crippen molar-refractivity contribution in [1.82, 2.24) is 19.7 Å². The molecule has 0 aliphatic rings. The van der Waals surface area contributed by atoms with Crippen molar-refractivity contribution >= 4 is 40.1 Å². The van der Waals surface area contributed by atoms with Gasteiger partial charge in [0.1, 0.15) is 6.33 Å². The molecule has 2 heterocycles. The van der Waals surface area contributed by atoms with E-state index in [0.717, 1.165) is 5.69 Å². The molecule has 3 aromatic rings. The molecule has 0 atom stereocenters. The Bertz CT molecular complexity index is 894. The molecular weight excluding hydrogens is 374 g/mol. The minimum Gasteiger partial charge on any atom is -0.469 e. The highest BCUT2D eigenvalue weighted by atomic mass is 32.2. The molecule has 3 rings (SSSR count). The first-order valence-electron chi connectivity index (χ1n) is 7.55. The van der Waals surface area contributed by atoms with Crippen molar-refractivity contribution < 1.29 is 14.3 Å².